The van der Waals surface area contributed by atoms with Crippen molar-refractivity contribution in [2.24, 2.45) is 17.6 Å². The molecule has 3 heterocycles. The maximum atomic E-state index is 13.4. The molecular formula is C23H24ClFN4O2. The van der Waals surface area contributed by atoms with E-state index in [0.29, 0.717) is 5.56 Å². The molecule has 0 radical (unpaired) electrons. The molecule has 8 heteroatoms. The lowest BCUT2D eigenvalue weighted by Crippen LogP contribution is -2.38. The second kappa shape index (κ2) is 8.05. The summed E-state index contributed by atoms with van der Waals surface area (Å²) in [6.45, 7) is 1.04. The molecule has 3 N–H and O–H groups in total. The average Bonchev–Trinajstić information content (AvgIpc) is 3.38. The average molecular weight is 443 g/mol. The number of imide groups is 1. The Morgan fingerprint density at radius 3 is 2.32 bits per heavy atom. The fourth-order valence-electron chi connectivity index (χ4n) is 5.45. The van der Waals surface area contributed by atoms with Crippen LogP contribution in [0.3, 0.4) is 0 Å². The van der Waals surface area contributed by atoms with Crippen LogP contribution in [0.4, 0.5) is 4.39 Å². The van der Waals surface area contributed by atoms with Crippen LogP contribution in [0.15, 0.2) is 48.5 Å². The minimum atomic E-state index is -0.411. The van der Waals surface area contributed by atoms with Crippen molar-refractivity contribution in [1.29, 1.82) is 5.41 Å². The second-order valence-electron chi connectivity index (χ2n) is 8.37. The first-order chi connectivity index (χ1) is 14.5. The SMILES string of the molecule is Cl.N=C(N)c1ccc([C@H]2C3C(=O)N(Cc4ccc(F)cc4)C(=O)C3C3CCCN32)cc1. The van der Waals surface area contributed by atoms with Gasteiger partial charge in [-0.2, -0.15) is 0 Å². The molecule has 3 aliphatic rings. The van der Waals surface area contributed by atoms with E-state index in [1.54, 1.807) is 24.3 Å². The summed E-state index contributed by atoms with van der Waals surface area (Å²) < 4.78 is 13.2. The van der Waals surface area contributed by atoms with E-state index in [-0.39, 0.29) is 60.4 Å². The maximum Gasteiger partial charge on any atom is 0.235 e. The molecule has 6 nitrogen and oxygen atoms in total. The number of nitrogens with zero attached hydrogens (tertiary/aromatic N) is 2. The zero-order valence-electron chi connectivity index (χ0n) is 16.8. The smallest absolute Gasteiger partial charge is 0.235 e. The molecule has 31 heavy (non-hydrogen) atoms. The number of likely N-dealkylation sites (tertiary alicyclic amines) is 1. The highest BCUT2D eigenvalue weighted by Gasteiger charge is 2.62. The first kappa shape index (κ1) is 21.5. The predicted octanol–water partition coefficient (Wildman–Crippen LogP) is 2.85. The van der Waals surface area contributed by atoms with Gasteiger partial charge in [-0.3, -0.25) is 24.8 Å². The standard InChI is InChI=1S/C23H23FN4O2.ClH/c24-16-9-3-13(4-10-16)12-28-22(29)18-17-2-1-11-27(17)20(19(18)23(28)30)14-5-7-15(8-6-14)21(25)26;/h3-10,17-20H,1-2,11-12H2,(H3,25,26);1H/t17?,18?,19?,20-;/m0./s1. The van der Waals surface area contributed by atoms with E-state index in [4.69, 9.17) is 11.1 Å². The molecule has 3 saturated heterocycles. The Kier molecular flexibility index (Phi) is 5.58. The number of benzene rings is 2. The maximum absolute atomic E-state index is 13.4. The van der Waals surface area contributed by atoms with Crippen molar-refractivity contribution in [3.63, 3.8) is 0 Å². The second-order valence-corrected chi connectivity index (χ2v) is 8.37. The summed E-state index contributed by atoms with van der Waals surface area (Å²) in [5.74, 6) is -1.35. The van der Waals surface area contributed by atoms with E-state index in [9.17, 15) is 14.0 Å². The molecule has 0 aliphatic carbocycles. The van der Waals surface area contributed by atoms with Crippen molar-refractivity contribution in [2.75, 3.05) is 6.54 Å². The number of carbonyl (C=O) groups is 2. The predicted molar refractivity (Wildman–Crippen MR) is 116 cm³/mol. The Hall–Kier alpha value is -2.77. The molecule has 3 fully saturated rings. The molecule has 2 aromatic carbocycles. The van der Waals surface area contributed by atoms with Crippen molar-refractivity contribution in [2.45, 2.75) is 31.5 Å². The van der Waals surface area contributed by atoms with Crippen molar-refractivity contribution in [1.82, 2.24) is 9.80 Å². The van der Waals surface area contributed by atoms with Gasteiger partial charge in [0.2, 0.25) is 11.8 Å². The summed E-state index contributed by atoms with van der Waals surface area (Å²) in [5.41, 5.74) is 7.93. The summed E-state index contributed by atoms with van der Waals surface area (Å²) >= 11 is 0. The molecule has 2 amide bonds. The van der Waals surface area contributed by atoms with Crippen LogP contribution in [0.25, 0.3) is 0 Å². The number of amides is 2. The fraction of sp³-hybridized carbons (Fsp3) is 0.348. The van der Waals surface area contributed by atoms with Crippen molar-refractivity contribution in [3.8, 4) is 0 Å². The minimum Gasteiger partial charge on any atom is -0.384 e. The third kappa shape index (κ3) is 3.42. The molecule has 2 aromatic rings. The van der Waals surface area contributed by atoms with Crippen molar-refractivity contribution in [3.05, 3.63) is 71.0 Å². The van der Waals surface area contributed by atoms with E-state index in [2.05, 4.69) is 4.90 Å². The molecule has 0 bridgehead atoms. The molecule has 162 valence electrons. The van der Waals surface area contributed by atoms with Gasteiger partial charge in [-0.1, -0.05) is 36.4 Å². The van der Waals surface area contributed by atoms with Crippen molar-refractivity contribution < 1.29 is 14.0 Å². The van der Waals surface area contributed by atoms with Crippen LogP contribution in [0, 0.1) is 23.1 Å². The largest absolute Gasteiger partial charge is 0.384 e. The highest BCUT2D eigenvalue weighted by molar-refractivity contribution is 6.06. The lowest BCUT2D eigenvalue weighted by Gasteiger charge is -2.29. The molecule has 5 rings (SSSR count). The summed E-state index contributed by atoms with van der Waals surface area (Å²) in [5, 5.41) is 7.59. The van der Waals surface area contributed by atoms with E-state index in [1.165, 1.54) is 17.0 Å². The quantitative estimate of drug-likeness (QED) is 0.433. The Balaban J connectivity index is 0.00000231. The summed E-state index contributed by atoms with van der Waals surface area (Å²) in [6, 6.07) is 13.3. The lowest BCUT2D eigenvalue weighted by molar-refractivity contribution is -0.142. The zero-order valence-corrected chi connectivity index (χ0v) is 17.6. The number of amidine groups is 1. The number of nitrogens with two attached hydrogens (primary N) is 1. The van der Waals surface area contributed by atoms with Crippen LogP contribution in [0.2, 0.25) is 0 Å². The van der Waals surface area contributed by atoms with Crippen LogP contribution in [0.1, 0.15) is 35.6 Å². The van der Waals surface area contributed by atoms with Crippen LogP contribution < -0.4 is 5.73 Å². The fourth-order valence-corrected chi connectivity index (χ4v) is 5.45. The first-order valence-electron chi connectivity index (χ1n) is 10.3. The molecule has 0 saturated carbocycles. The summed E-state index contributed by atoms with van der Waals surface area (Å²) in [7, 11) is 0. The molecule has 0 spiro atoms. The molecule has 3 aliphatic heterocycles. The van der Waals surface area contributed by atoms with Gasteiger partial charge in [0, 0.05) is 17.6 Å². The normalized spacial score (nSPS) is 27.2. The highest BCUT2D eigenvalue weighted by Crippen LogP contribution is 2.53. The Bertz CT molecular complexity index is 1030. The van der Waals surface area contributed by atoms with Crippen LogP contribution in [-0.2, 0) is 16.1 Å². The summed E-state index contributed by atoms with van der Waals surface area (Å²) in [6.07, 6.45) is 1.92. The van der Waals surface area contributed by atoms with Gasteiger partial charge in [0.05, 0.1) is 18.4 Å². The lowest BCUT2D eigenvalue weighted by atomic mass is 9.85. The minimum absolute atomic E-state index is 0. The molecule has 0 aromatic heterocycles. The number of nitrogens with one attached hydrogen (secondary N) is 1. The monoisotopic (exact) mass is 442 g/mol. The van der Waals surface area contributed by atoms with E-state index in [0.717, 1.165) is 30.5 Å². The van der Waals surface area contributed by atoms with E-state index in [1.807, 2.05) is 12.1 Å². The Morgan fingerprint density at radius 2 is 1.68 bits per heavy atom. The Morgan fingerprint density at radius 1 is 1.03 bits per heavy atom. The highest BCUT2D eigenvalue weighted by atomic mass is 35.5. The summed E-state index contributed by atoms with van der Waals surface area (Å²) in [4.78, 5) is 30.4. The van der Waals surface area contributed by atoms with Gasteiger partial charge < -0.3 is 5.73 Å². The number of fused-ring (bicyclic) bond motifs is 3. The van der Waals surface area contributed by atoms with Crippen LogP contribution in [0.5, 0.6) is 0 Å². The number of nitrogen functional groups attached to an aromatic ring is 1. The number of hydrogen-bond acceptors (Lipinski definition) is 4. The topological polar surface area (TPSA) is 90.5 Å². The number of carbonyl (C=O) groups excluding carboxylic acids is 2. The van der Waals surface area contributed by atoms with Crippen LogP contribution >= 0.6 is 12.4 Å². The third-order valence-corrected chi connectivity index (χ3v) is 6.76. The zero-order chi connectivity index (χ0) is 21.0. The Labute approximate surface area is 186 Å². The van der Waals surface area contributed by atoms with E-state index < -0.39 is 5.92 Å². The van der Waals surface area contributed by atoms with Gasteiger partial charge in [-0.15, -0.1) is 12.4 Å². The van der Waals surface area contributed by atoms with Gasteiger partial charge in [0.1, 0.15) is 11.7 Å². The first-order valence-corrected chi connectivity index (χ1v) is 10.3. The van der Waals surface area contributed by atoms with Crippen LogP contribution in [-0.4, -0.2) is 40.0 Å². The van der Waals surface area contributed by atoms with E-state index >= 15 is 0 Å². The molecule has 4 atom stereocenters. The van der Waals surface area contributed by atoms with Gasteiger partial charge >= 0.3 is 0 Å². The number of halogens is 2. The van der Waals surface area contributed by atoms with Gasteiger partial charge in [0.15, 0.2) is 0 Å². The van der Waals surface area contributed by atoms with Gasteiger partial charge in [-0.05, 0) is 42.6 Å². The number of rotatable bonds is 4. The number of hydrogen-bond donors (Lipinski definition) is 2. The van der Waals surface area contributed by atoms with Gasteiger partial charge in [0.25, 0.3) is 0 Å². The van der Waals surface area contributed by atoms with Gasteiger partial charge in [-0.25, -0.2) is 4.39 Å². The molecule has 3 unspecified atom stereocenters. The molecular weight excluding hydrogens is 419 g/mol. The van der Waals surface area contributed by atoms with Crippen molar-refractivity contribution >= 4 is 30.1 Å². The third-order valence-electron chi connectivity index (χ3n) is 6.76.